The molecule has 2 aliphatic carbocycles. The quantitative estimate of drug-likeness (QED) is 0.841. The standard InChI is InChI=1S/C17H18BrN3O2/c18-12-5-11(8-15(9-12)23-14-1-2-14)17(22)21-13-6-10(7-13)16-19-3-4-20-16/h3-5,8-10,13-14H,1-2,6-7H2,(H,19,20)(H,21,22). The van der Waals surface area contributed by atoms with Crippen molar-refractivity contribution in [3.8, 4) is 5.75 Å². The van der Waals surface area contributed by atoms with Gasteiger partial charge in [0.1, 0.15) is 11.6 Å². The van der Waals surface area contributed by atoms with Crippen LogP contribution >= 0.6 is 15.9 Å². The van der Waals surface area contributed by atoms with Crippen molar-refractivity contribution in [2.24, 2.45) is 0 Å². The van der Waals surface area contributed by atoms with Gasteiger partial charge in [-0.25, -0.2) is 4.98 Å². The van der Waals surface area contributed by atoms with Gasteiger partial charge in [0, 0.05) is 34.4 Å². The molecule has 2 saturated carbocycles. The minimum Gasteiger partial charge on any atom is -0.490 e. The summed E-state index contributed by atoms with van der Waals surface area (Å²) in [6, 6.07) is 5.77. The molecule has 1 aromatic heterocycles. The van der Waals surface area contributed by atoms with Crippen LogP contribution in [0, 0.1) is 0 Å². The Balaban J connectivity index is 1.36. The monoisotopic (exact) mass is 375 g/mol. The number of ether oxygens (including phenoxy) is 1. The highest BCUT2D eigenvalue weighted by atomic mass is 79.9. The zero-order valence-corrected chi connectivity index (χ0v) is 14.2. The van der Waals surface area contributed by atoms with E-state index in [0.29, 0.717) is 17.6 Å². The number of amides is 1. The lowest BCUT2D eigenvalue weighted by Crippen LogP contribution is -2.43. The predicted molar refractivity (Wildman–Crippen MR) is 89.6 cm³/mol. The first kappa shape index (κ1) is 14.8. The van der Waals surface area contributed by atoms with E-state index in [-0.39, 0.29) is 11.9 Å². The lowest BCUT2D eigenvalue weighted by atomic mass is 9.79. The maximum atomic E-state index is 12.4. The first-order valence-corrected chi connectivity index (χ1v) is 8.74. The maximum Gasteiger partial charge on any atom is 0.251 e. The zero-order chi connectivity index (χ0) is 15.8. The fourth-order valence-electron chi connectivity index (χ4n) is 2.87. The number of carbonyl (C=O) groups is 1. The summed E-state index contributed by atoms with van der Waals surface area (Å²) in [5, 5.41) is 3.09. The largest absolute Gasteiger partial charge is 0.490 e. The summed E-state index contributed by atoms with van der Waals surface area (Å²) in [4.78, 5) is 19.8. The summed E-state index contributed by atoms with van der Waals surface area (Å²) in [6.07, 6.45) is 7.99. The van der Waals surface area contributed by atoms with Crippen LogP contribution in [0.5, 0.6) is 5.75 Å². The van der Waals surface area contributed by atoms with Crippen LogP contribution < -0.4 is 10.1 Å². The molecule has 0 bridgehead atoms. The average Bonchev–Trinajstić information content (AvgIpc) is 3.12. The van der Waals surface area contributed by atoms with Crippen molar-refractivity contribution >= 4 is 21.8 Å². The van der Waals surface area contributed by atoms with Crippen LogP contribution in [0.4, 0.5) is 0 Å². The number of nitrogens with zero attached hydrogens (tertiary/aromatic N) is 1. The van der Waals surface area contributed by atoms with E-state index in [1.54, 1.807) is 6.20 Å². The van der Waals surface area contributed by atoms with Crippen LogP contribution in [0.2, 0.25) is 0 Å². The van der Waals surface area contributed by atoms with Crippen molar-refractivity contribution in [3.05, 3.63) is 46.5 Å². The number of aromatic nitrogens is 2. The molecule has 0 unspecified atom stereocenters. The molecule has 4 rings (SSSR count). The number of halogens is 1. The van der Waals surface area contributed by atoms with Crippen molar-refractivity contribution < 1.29 is 9.53 Å². The van der Waals surface area contributed by atoms with Gasteiger partial charge in [0.15, 0.2) is 0 Å². The molecule has 0 atom stereocenters. The highest BCUT2D eigenvalue weighted by Gasteiger charge is 2.33. The summed E-state index contributed by atoms with van der Waals surface area (Å²) in [5.74, 6) is 2.15. The fourth-order valence-corrected chi connectivity index (χ4v) is 3.34. The van der Waals surface area contributed by atoms with Crippen LogP contribution in [-0.4, -0.2) is 28.0 Å². The molecule has 1 aromatic carbocycles. The molecule has 23 heavy (non-hydrogen) atoms. The summed E-state index contributed by atoms with van der Waals surface area (Å²) in [6.45, 7) is 0. The zero-order valence-electron chi connectivity index (χ0n) is 12.6. The van der Waals surface area contributed by atoms with Crippen LogP contribution in [0.25, 0.3) is 0 Å². The maximum absolute atomic E-state index is 12.4. The molecule has 2 N–H and O–H groups in total. The Bertz CT molecular complexity index is 707. The lowest BCUT2D eigenvalue weighted by Gasteiger charge is -2.34. The van der Waals surface area contributed by atoms with Gasteiger partial charge in [0.2, 0.25) is 0 Å². The number of hydrogen-bond acceptors (Lipinski definition) is 3. The molecule has 1 amide bonds. The Labute approximate surface area is 143 Å². The molecule has 0 saturated heterocycles. The molecule has 1 heterocycles. The van der Waals surface area contributed by atoms with Gasteiger partial charge in [-0.3, -0.25) is 4.79 Å². The number of H-pyrrole nitrogens is 1. The van der Waals surface area contributed by atoms with Gasteiger partial charge in [-0.2, -0.15) is 0 Å². The SMILES string of the molecule is O=C(NC1CC(c2ncc[nH]2)C1)c1cc(Br)cc(OC2CC2)c1. The van der Waals surface area contributed by atoms with Crippen molar-refractivity contribution in [1.29, 1.82) is 0 Å². The molecule has 6 heteroatoms. The van der Waals surface area contributed by atoms with Gasteiger partial charge in [-0.05, 0) is 43.9 Å². The minimum atomic E-state index is -0.0464. The molecule has 0 spiro atoms. The predicted octanol–water partition coefficient (Wildman–Crippen LogP) is 3.39. The smallest absolute Gasteiger partial charge is 0.251 e. The first-order valence-electron chi connectivity index (χ1n) is 7.95. The van der Waals surface area contributed by atoms with E-state index >= 15 is 0 Å². The van der Waals surface area contributed by atoms with Gasteiger partial charge >= 0.3 is 0 Å². The summed E-state index contributed by atoms with van der Waals surface area (Å²) in [5.41, 5.74) is 0.636. The average molecular weight is 376 g/mol. The number of hydrogen-bond donors (Lipinski definition) is 2. The number of rotatable bonds is 5. The highest BCUT2D eigenvalue weighted by Crippen LogP contribution is 2.35. The Hall–Kier alpha value is -1.82. The van der Waals surface area contributed by atoms with Crippen molar-refractivity contribution in [3.63, 3.8) is 0 Å². The topological polar surface area (TPSA) is 67.0 Å². The molecule has 5 nitrogen and oxygen atoms in total. The molecular formula is C17H18BrN3O2. The minimum absolute atomic E-state index is 0.0464. The third-order valence-electron chi connectivity index (χ3n) is 4.34. The van der Waals surface area contributed by atoms with Gasteiger partial charge in [0.25, 0.3) is 5.91 Å². The first-order chi connectivity index (χ1) is 11.2. The Morgan fingerprint density at radius 1 is 1.30 bits per heavy atom. The van der Waals surface area contributed by atoms with Crippen molar-refractivity contribution in [2.75, 3.05) is 0 Å². The van der Waals surface area contributed by atoms with Gasteiger partial charge < -0.3 is 15.0 Å². The molecule has 2 aromatic rings. The molecule has 2 fully saturated rings. The molecule has 0 radical (unpaired) electrons. The fraction of sp³-hybridized carbons (Fsp3) is 0.412. The molecule has 0 aliphatic heterocycles. The normalized spacial score (nSPS) is 23.2. The third-order valence-corrected chi connectivity index (χ3v) is 4.80. The van der Waals surface area contributed by atoms with Crippen molar-refractivity contribution in [1.82, 2.24) is 15.3 Å². The van der Waals surface area contributed by atoms with Crippen LogP contribution in [0.3, 0.4) is 0 Å². The number of aromatic amines is 1. The highest BCUT2D eigenvalue weighted by molar-refractivity contribution is 9.10. The third kappa shape index (κ3) is 3.42. The lowest BCUT2D eigenvalue weighted by molar-refractivity contribution is 0.0907. The Morgan fingerprint density at radius 3 is 2.83 bits per heavy atom. The number of benzene rings is 1. The molecule has 2 aliphatic rings. The van der Waals surface area contributed by atoms with E-state index in [4.69, 9.17) is 4.74 Å². The van der Waals surface area contributed by atoms with E-state index in [0.717, 1.165) is 41.7 Å². The van der Waals surface area contributed by atoms with Crippen LogP contribution in [-0.2, 0) is 0 Å². The van der Waals surface area contributed by atoms with Gasteiger partial charge in [-0.15, -0.1) is 0 Å². The van der Waals surface area contributed by atoms with E-state index in [9.17, 15) is 4.79 Å². The van der Waals surface area contributed by atoms with Crippen molar-refractivity contribution in [2.45, 2.75) is 43.7 Å². The van der Waals surface area contributed by atoms with E-state index < -0.39 is 0 Å². The Kier molecular flexibility index (Phi) is 3.85. The van der Waals surface area contributed by atoms with Gasteiger partial charge in [0.05, 0.1) is 6.10 Å². The Morgan fingerprint density at radius 2 is 2.13 bits per heavy atom. The van der Waals surface area contributed by atoms with Gasteiger partial charge in [-0.1, -0.05) is 15.9 Å². The number of nitrogens with one attached hydrogen (secondary N) is 2. The van der Waals surface area contributed by atoms with E-state index in [2.05, 4.69) is 31.2 Å². The molecular weight excluding hydrogens is 358 g/mol. The summed E-state index contributed by atoms with van der Waals surface area (Å²) < 4.78 is 6.65. The summed E-state index contributed by atoms with van der Waals surface area (Å²) in [7, 11) is 0. The van der Waals surface area contributed by atoms with Crippen LogP contribution in [0.15, 0.2) is 35.1 Å². The van der Waals surface area contributed by atoms with E-state index in [1.807, 2.05) is 24.4 Å². The molecule has 120 valence electrons. The second-order valence-corrected chi connectivity index (χ2v) is 7.22. The second-order valence-electron chi connectivity index (χ2n) is 6.31. The number of imidazole rings is 1. The second kappa shape index (κ2) is 6.00. The van der Waals surface area contributed by atoms with Crippen LogP contribution in [0.1, 0.15) is 47.8 Å². The van der Waals surface area contributed by atoms with E-state index in [1.165, 1.54) is 0 Å². The number of carbonyl (C=O) groups excluding carboxylic acids is 1. The summed E-state index contributed by atoms with van der Waals surface area (Å²) >= 11 is 3.45.